The van der Waals surface area contributed by atoms with Gasteiger partial charge in [-0.05, 0) is 0 Å². The zero-order valence-electron chi connectivity index (χ0n) is 5.80. The lowest BCUT2D eigenvalue weighted by Gasteiger charge is -1.97. The minimum atomic E-state index is -2.25. The van der Waals surface area contributed by atoms with Crippen LogP contribution in [0.5, 0.6) is 0 Å². The molecule has 1 nitrogen and oxygen atoms in total. The fraction of sp³-hybridized carbons (Fsp3) is 0. The molecule has 0 spiro atoms. The summed E-state index contributed by atoms with van der Waals surface area (Å²) in [5.74, 6) is -10.5. The van der Waals surface area contributed by atoms with Gasteiger partial charge in [0.2, 0.25) is 29.1 Å². The Labute approximate surface area is 70.4 Å². The Morgan fingerprint density at radius 3 is 1.31 bits per heavy atom. The van der Waals surface area contributed by atoms with E-state index in [-0.39, 0.29) is 0 Å². The SMILES string of the molecule is O=[PH+]c1c(F)c(F)c(F)c(F)c1F. The zero-order chi connectivity index (χ0) is 10.2. The van der Waals surface area contributed by atoms with Crippen LogP contribution in [0.1, 0.15) is 0 Å². The first-order valence-electron chi connectivity index (χ1n) is 2.90. The Bertz CT molecular complexity index is 349. The van der Waals surface area contributed by atoms with E-state index < -0.39 is 42.9 Å². The molecular formula is C6HF5OP+. The van der Waals surface area contributed by atoms with Gasteiger partial charge in [0.25, 0.3) is 5.30 Å². The highest BCUT2D eigenvalue weighted by Gasteiger charge is 2.30. The molecule has 70 valence electrons. The summed E-state index contributed by atoms with van der Waals surface area (Å²) in [6.07, 6.45) is 0. The monoisotopic (exact) mass is 215 g/mol. The largest absolute Gasteiger partial charge is 0.369 e. The Balaban J connectivity index is 3.66. The van der Waals surface area contributed by atoms with Gasteiger partial charge in [-0.2, -0.15) is 8.78 Å². The van der Waals surface area contributed by atoms with Gasteiger partial charge in [-0.3, -0.25) is 0 Å². The minimum Gasteiger partial charge on any atom is -0.200 e. The normalized spacial score (nSPS) is 10.8. The van der Waals surface area contributed by atoms with E-state index >= 15 is 0 Å². The summed E-state index contributed by atoms with van der Waals surface area (Å²) in [7, 11) is -1.73. The van der Waals surface area contributed by atoms with Crippen LogP contribution >= 0.6 is 8.46 Å². The smallest absolute Gasteiger partial charge is 0.200 e. The van der Waals surface area contributed by atoms with Crippen molar-refractivity contribution in [1.29, 1.82) is 0 Å². The van der Waals surface area contributed by atoms with E-state index in [0.717, 1.165) is 0 Å². The van der Waals surface area contributed by atoms with E-state index in [0.29, 0.717) is 0 Å². The highest BCUT2D eigenvalue weighted by Crippen LogP contribution is 2.18. The molecular weight excluding hydrogens is 214 g/mol. The predicted octanol–water partition coefficient (Wildman–Crippen LogP) is 2.03. The van der Waals surface area contributed by atoms with E-state index in [1.165, 1.54) is 0 Å². The van der Waals surface area contributed by atoms with E-state index in [2.05, 4.69) is 0 Å². The standard InChI is InChI=1S/C6F5OP/c7-1-2(8)4(10)6(13-12)5(11)3(1)9/p+1. The number of rotatable bonds is 1. The molecule has 0 saturated carbocycles. The minimum absolute atomic E-state index is 1.31. The molecule has 1 atom stereocenters. The first-order chi connectivity index (χ1) is 6.00. The summed E-state index contributed by atoms with van der Waals surface area (Å²) in [4.78, 5) is 0. The van der Waals surface area contributed by atoms with Crippen molar-refractivity contribution in [2.45, 2.75) is 0 Å². The molecule has 0 aliphatic carbocycles. The van der Waals surface area contributed by atoms with Gasteiger partial charge in [0.1, 0.15) is 0 Å². The first-order valence-corrected chi connectivity index (χ1v) is 3.81. The average Bonchev–Trinajstić information content (AvgIpc) is 2.13. The van der Waals surface area contributed by atoms with Crippen molar-refractivity contribution < 1.29 is 26.5 Å². The maximum absolute atomic E-state index is 12.5. The summed E-state index contributed by atoms with van der Waals surface area (Å²) >= 11 is 0. The molecule has 0 aromatic heterocycles. The van der Waals surface area contributed by atoms with Crippen LogP contribution in [-0.4, -0.2) is 0 Å². The van der Waals surface area contributed by atoms with Crippen molar-refractivity contribution >= 4 is 13.8 Å². The summed E-state index contributed by atoms with van der Waals surface area (Å²) < 4.78 is 72.0. The molecule has 1 aromatic rings. The third-order valence-corrected chi connectivity index (χ3v) is 1.95. The summed E-state index contributed by atoms with van der Waals surface area (Å²) in [5.41, 5.74) is 0. The Hall–Kier alpha value is -1.03. The molecule has 1 unspecified atom stereocenters. The van der Waals surface area contributed by atoms with Crippen LogP contribution in [0, 0.1) is 29.1 Å². The quantitative estimate of drug-likeness (QED) is 0.303. The van der Waals surface area contributed by atoms with Gasteiger partial charge in [-0.1, -0.05) is 4.57 Å². The summed E-state index contributed by atoms with van der Waals surface area (Å²) in [6.45, 7) is 0. The molecule has 13 heavy (non-hydrogen) atoms. The zero-order valence-corrected chi connectivity index (χ0v) is 6.80. The molecule has 7 heteroatoms. The number of hydrogen-bond donors (Lipinski definition) is 0. The summed E-state index contributed by atoms with van der Waals surface area (Å²) in [5, 5.41) is -1.31. The van der Waals surface area contributed by atoms with Gasteiger partial charge in [0, 0.05) is 0 Å². The molecule has 0 bridgehead atoms. The maximum Gasteiger partial charge on any atom is 0.369 e. The highest BCUT2D eigenvalue weighted by atomic mass is 31.1. The lowest BCUT2D eigenvalue weighted by atomic mass is 10.3. The highest BCUT2D eigenvalue weighted by molar-refractivity contribution is 7.34. The molecule has 0 saturated heterocycles. The van der Waals surface area contributed by atoms with E-state index in [1.54, 1.807) is 0 Å². The van der Waals surface area contributed by atoms with Gasteiger partial charge in [0.15, 0.2) is 0 Å². The Morgan fingerprint density at radius 2 is 1.00 bits per heavy atom. The van der Waals surface area contributed by atoms with Crippen LogP contribution in [-0.2, 0) is 4.57 Å². The molecule has 0 aliphatic rings. The van der Waals surface area contributed by atoms with Gasteiger partial charge in [-0.25, -0.2) is 13.2 Å². The summed E-state index contributed by atoms with van der Waals surface area (Å²) in [6, 6.07) is 0. The van der Waals surface area contributed by atoms with Crippen LogP contribution in [0.25, 0.3) is 0 Å². The fourth-order valence-electron chi connectivity index (χ4n) is 0.695. The van der Waals surface area contributed by atoms with Gasteiger partial charge < -0.3 is 0 Å². The maximum atomic E-state index is 12.5. The van der Waals surface area contributed by atoms with Crippen molar-refractivity contribution in [3.63, 3.8) is 0 Å². The van der Waals surface area contributed by atoms with Crippen molar-refractivity contribution in [3.8, 4) is 0 Å². The second-order valence-electron chi connectivity index (χ2n) is 2.05. The molecule has 0 radical (unpaired) electrons. The number of hydrogen-bond acceptors (Lipinski definition) is 1. The molecule has 0 amide bonds. The van der Waals surface area contributed by atoms with Crippen LogP contribution in [0.15, 0.2) is 0 Å². The molecule has 0 aliphatic heterocycles. The third kappa shape index (κ3) is 1.42. The fourth-order valence-corrected chi connectivity index (χ4v) is 1.09. The van der Waals surface area contributed by atoms with Crippen molar-refractivity contribution in [2.75, 3.05) is 0 Å². The molecule has 0 N–H and O–H groups in total. The number of halogens is 5. The van der Waals surface area contributed by atoms with E-state index in [4.69, 9.17) is 0 Å². The number of benzene rings is 1. The topological polar surface area (TPSA) is 17.1 Å². The Morgan fingerprint density at radius 1 is 0.692 bits per heavy atom. The first kappa shape index (κ1) is 10.1. The van der Waals surface area contributed by atoms with Crippen LogP contribution < -0.4 is 5.30 Å². The van der Waals surface area contributed by atoms with Crippen molar-refractivity contribution in [3.05, 3.63) is 29.1 Å². The second kappa shape index (κ2) is 3.38. The average molecular weight is 215 g/mol. The predicted molar refractivity (Wildman–Crippen MR) is 34.9 cm³/mol. The lowest BCUT2D eigenvalue weighted by Crippen LogP contribution is -2.14. The van der Waals surface area contributed by atoms with Gasteiger partial charge >= 0.3 is 8.46 Å². The second-order valence-corrected chi connectivity index (χ2v) is 2.75. The van der Waals surface area contributed by atoms with Gasteiger partial charge in [-0.15, -0.1) is 0 Å². The lowest BCUT2D eigenvalue weighted by molar-refractivity contribution is 0.384. The van der Waals surface area contributed by atoms with Crippen LogP contribution in [0.4, 0.5) is 22.0 Å². The van der Waals surface area contributed by atoms with Gasteiger partial charge in [0.05, 0.1) is 0 Å². The third-order valence-electron chi connectivity index (χ3n) is 1.31. The van der Waals surface area contributed by atoms with Crippen LogP contribution in [0.2, 0.25) is 0 Å². The van der Waals surface area contributed by atoms with Crippen molar-refractivity contribution in [1.82, 2.24) is 0 Å². The van der Waals surface area contributed by atoms with E-state index in [9.17, 15) is 26.5 Å². The molecule has 0 heterocycles. The Kier molecular flexibility index (Phi) is 2.61. The molecule has 1 rings (SSSR count). The molecule has 0 fully saturated rings. The van der Waals surface area contributed by atoms with E-state index in [1.807, 2.05) is 0 Å². The molecule has 1 aromatic carbocycles. The van der Waals surface area contributed by atoms with Crippen molar-refractivity contribution in [2.24, 2.45) is 0 Å². The van der Waals surface area contributed by atoms with Crippen LogP contribution in [0.3, 0.4) is 0 Å².